The summed E-state index contributed by atoms with van der Waals surface area (Å²) in [4.78, 5) is 22.0. The third-order valence-electron chi connectivity index (χ3n) is 6.46. The first-order valence-electron chi connectivity index (χ1n) is 12.4. The van der Waals surface area contributed by atoms with Gasteiger partial charge in [0.2, 0.25) is 0 Å². The number of fused-ring (bicyclic) bond motifs is 1. The number of nitrogens with one attached hydrogen (secondary N) is 3. The van der Waals surface area contributed by atoms with Gasteiger partial charge in [-0.1, -0.05) is 18.2 Å². The summed E-state index contributed by atoms with van der Waals surface area (Å²) in [6.45, 7) is 4.72. The Balaban J connectivity index is 1.20. The highest BCUT2D eigenvalue weighted by atomic mass is 19.4. The van der Waals surface area contributed by atoms with Gasteiger partial charge in [-0.3, -0.25) is 9.69 Å². The van der Waals surface area contributed by atoms with Crippen molar-refractivity contribution in [2.45, 2.75) is 19.6 Å². The number of ether oxygens (including phenoxy) is 1. The number of nitrogens with zero attached hydrogens (tertiary/aromatic N) is 2. The smallest absolute Gasteiger partial charge is 0.416 e. The number of piperazine rings is 1. The molecule has 0 bridgehead atoms. The molecule has 0 aliphatic carbocycles. The van der Waals surface area contributed by atoms with E-state index in [0.717, 1.165) is 47.0 Å². The van der Waals surface area contributed by atoms with Gasteiger partial charge in [0, 0.05) is 61.3 Å². The fourth-order valence-electron chi connectivity index (χ4n) is 4.57. The molecule has 2 aromatic carbocycles. The van der Waals surface area contributed by atoms with Gasteiger partial charge >= 0.3 is 6.18 Å². The Bertz CT molecular complexity index is 1430. The number of hydrogen-bond acceptors (Lipinski definition) is 5. The van der Waals surface area contributed by atoms with E-state index < -0.39 is 17.6 Å². The van der Waals surface area contributed by atoms with Crippen LogP contribution in [0.15, 0.2) is 60.8 Å². The average molecular weight is 524 g/mol. The monoisotopic (exact) mass is 523 g/mol. The summed E-state index contributed by atoms with van der Waals surface area (Å²) in [5, 5.41) is 6.72. The Morgan fingerprint density at radius 3 is 2.55 bits per heavy atom. The Hall–Kier alpha value is -3.89. The minimum atomic E-state index is -4.53. The van der Waals surface area contributed by atoms with E-state index in [0.29, 0.717) is 18.8 Å². The van der Waals surface area contributed by atoms with Gasteiger partial charge in [0.15, 0.2) is 6.61 Å². The average Bonchev–Trinajstić information content (AvgIpc) is 3.28. The highest BCUT2D eigenvalue weighted by molar-refractivity contribution is 5.92. The number of amides is 1. The van der Waals surface area contributed by atoms with E-state index in [1.54, 1.807) is 18.3 Å². The molecular formula is C28H28F3N5O2. The number of carbonyl (C=O) groups is 1. The highest BCUT2D eigenvalue weighted by Crippen LogP contribution is 2.34. The predicted molar refractivity (Wildman–Crippen MR) is 140 cm³/mol. The quantitative estimate of drug-likeness (QED) is 0.318. The summed E-state index contributed by atoms with van der Waals surface area (Å²) >= 11 is 0. The van der Waals surface area contributed by atoms with Crippen LogP contribution < -0.4 is 15.4 Å². The Kier molecular flexibility index (Phi) is 7.35. The van der Waals surface area contributed by atoms with Crippen molar-refractivity contribution >= 4 is 22.6 Å². The zero-order valence-corrected chi connectivity index (χ0v) is 20.9. The van der Waals surface area contributed by atoms with Crippen LogP contribution in [-0.2, 0) is 17.5 Å². The van der Waals surface area contributed by atoms with Crippen LogP contribution in [0.25, 0.3) is 22.2 Å². The molecule has 4 aromatic rings. The van der Waals surface area contributed by atoms with Crippen LogP contribution in [0.5, 0.6) is 5.75 Å². The Labute approximate surface area is 218 Å². The van der Waals surface area contributed by atoms with Crippen molar-refractivity contribution in [2.75, 3.05) is 38.1 Å². The molecule has 0 saturated carbocycles. The lowest BCUT2D eigenvalue weighted by molar-refractivity contribution is -0.138. The number of rotatable bonds is 7. The van der Waals surface area contributed by atoms with E-state index in [1.807, 2.05) is 36.1 Å². The maximum Gasteiger partial charge on any atom is 0.416 e. The minimum absolute atomic E-state index is 0.0771. The summed E-state index contributed by atoms with van der Waals surface area (Å²) in [7, 11) is 0. The van der Waals surface area contributed by atoms with Gasteiger partial charge in [-0.05, 0) is 54.4 Å². The predicted octanol–water partition coefficient (Wildman–Crippen LogP) is 4.98. The Morgan fingerprint density at radius 1 is 1.05 bits per heavy atom. The Morgan fingerprint density at radius 2 is 1.82 bits per heavy atom. The second-order valence-electron chi connectivity index (χ2n) is 9.37. The van der Waals surface area contributed by atoms with Crippen molar-refractivity contribution in [1.82, 2.24) is 20.2 Å². The molecule has 1 amide bonds. The molecule has 198 valence electrons. The second kappa shape index (κ2) is 10.8. The van der Waals surface area contributed by atoms with Crippen LogP contribution in [0, 0.1) is 6.92 Å². The maximum absolute atomic E-state index is 13.7. The first-order valence-corrected chi connectivity index (χ1v) is 12.4. The molecule has 3 N–H and O–H groups in total. The van der Waals surface area contributed by atoms with Crippen LogP contribution in [0.4, 0.5) is 18.9 Å². The number of benzene rings is 2. The number of pyridine rings is 1. The number of aromatic amines is 1. The van der Waals surface area contributed by atoms with Crippen LogP contribution in [0.3, 0.4) is 0 Å². The van der Waals surface area contributed by atoms with Crippen LogP contribution in [0.2, 0.25) is 0 Å². The fourth-order valence-corrected chi connectivity index (χ4v) is 4.57. The standard InChI is InChI=1S/C28H28F3N5O2/c1-18-12-21-13-22(15-33-27(21)34-18)19-3-6-24(7-4-19)38-17-26(37)35-23-5-2-20(25(14-23)28(29,30)31)16-36-10-8-32-9-11-36/h2-7,12-15,32H,8-11,16-17H2,1H3,(H,33,34)(H,35,37). The summed E-state index contributed by atoms with van der Waals surface area (Å²) in [6.07, 6.45) is -2.74. The molecule has 1 saturated heterocycles. The normalized spacial score (nSPS) is 14.5. The van der Waals surface area contributed by atoms with Crippen LogP contribution >= 0.6 is 0 Å². The number of aromatic nitrogens is 2. The van der Waals surface area contributed by atoms with Crippen molar-refractivity contribution in [3.63, 3.8) is 0 Å². The van der Waals surface area contributed by atoms with E-state index in [9.17, 15) is 18.0 Å². The second-order valence-corrected chi connectivity index (χ2v) is 9.37. The fraction of sp³-hybridized carbons (Fsp3) is 0.286. The summed E-state index contributed by atoms with van der Waals surface area (Å²) in [5.74, 6) is -0.0766. The van der Waals surface area contributed by atoms with Crippen LogP contribution in [-0.4, -0.2) is 53.6 Å². The van der Waals surface area contributed by atoms with Crippen molar-refractivity contribution in [1.29, 1.82) is 0 Å². The van der Waals surface area contributed by atoms with Crippen molar-refractivity contribution in [3.05, 3.63) is 77.6 Å². The molecule has 0 unspecified atom stereocenters. The van der Waals surface area contributed by atoms with Crippen molar-refractivity contribution in [3.8, 4) is 16.9 Å². The molecule has 3 heterocycles. The largest absolute Gasteiger partial charge is 0.484 e. The first-order chi connectivity index (χ1) is 18.2. The number of alkyl halides is 3. The molecule has 0 atom stereocenters. The number of anilines is 1. The molecule has 0 radical (unpaired) electrons. The molecule has 1 aliphatic heterocycles. The SMILES string of the molecule is Cc1cc2cc(-c3ccc(OCC(=O)Nc4ccc(CN5CCNCC5)c(C(F)(F)F)c4)cc3)cnc2[nH]1. The van der Waals surface area contributed by atoms with Crippen molar-refractivity contribution in [2.24, 2.45) is 0 Å². The minimum Gasteiger partial charge on any atom is -0.484 e. The van der Waals surface area contributed by atoms with E-state index in [2.05, 4.69) is 20.6 Å². The third kappa shape index (κ3) is 6.15. The molecular weight excluding hydrogens is 495 g/mol. The molecule has 2 aromatic heterocycles. The molecule has 10 heteroatoms. The number of hydrogen-bond donors (Lipinski definition) is 3. The maximum atomic E-state index is 13.7. The zero-order chi connectivity index (χ0) is 26.7. The zero-order valence-electron chi connectivity index (χ0n) is 20.9. The summed E-state index contributed by atoms with van der Waals surface area (Å²) in [6, 6.07) is 15.2. The molecule has 1 fully saturated rings. The summed E-state index contributed by atoms with van der Waals surface area (Å²) in [5.41, 5.74) is 3.27. The number of aryl methyl sites for hydroxylation is 1. The van der Waals surface area contributed by atoms with Gasteiger partial charge in [0.25, 0.3) is 5.91 Å². The van der Waals surface area contributed by atoms with E-state index >= 15 is 0 Å². The lowest BCUT2D eigenvalue weighted by Crippen LogP contribution is -2.43. The van der Waals surface area contributed by atoms with Gasteiger partial charge in [0.05, 0.1) is 5.56 Å². The number of halogens is 3. The van der Waals surface area contributed by atoms with Gasteiger partial charge in [-0.25, -0.2) is 4.98 Å². The highest BCUT2D eigenvalue weighted by Gasteiger charge is 2.34. The van der Waals surface area contributed by atoms with Crippen molar-refractivity contribution < 1.29 is 22.7 Å². The summed E-state index contributed by atoms with van der Waals surface area (Å²) < 4.78 is 46.8. The number of H-pyrrole nitrogens is 1. The molecule has 38 heavy (non-hydrogen) atoms. The van der Waals surface area contributed by atoms with Gasteiger partial charge in [-0.2, -0.15) is 13.2 Å². The molecule has 1 aliphatic rings. The van der Waals surface area contributed by atoms with E-state index in [-0.39, 0.29) is 24.4 Å². The first kappa shape index (κ1) is 25.7. The van der Waals surface area contributed by atoms with Gasteiger partial charge in [0.1, 0.15) is 11.4 Å². The molecule has 0 spiro atoms. The van der Waals surface area contributed by atoms with Gasteiger partial charge in [-0.15, -0.1) is 0 Å². The number of carbonyl (C=O) groups excluding carboxylic acids is 1. The van der Waals surface area contributed by atoms with Gasteiger partial charge < -0.3 is 20.4 Å². The van der Waals surface area contributed by atoms with E-state index in [4.69, 9.17) is 4.74 Å². The lowest BCUT2D eigenvalue weighted by atomic mass is 10.0. The topological polar surface area (TPSA) is 82.3 Å². The lowest BCUT2D eigenvalue weighted by Gasteiger charge is -2.28. The van der Waals surface area contributed by atoms with Crippen LogP contribution in [0.1, 0.15) is 16.8 Å². The van der Waals surface area contributed by atoms with E-state index in [1.165, 1.54) is 12.1 Å². The molecule has 7 nitrogen and oxygen atoms in total. The molecule has 5 rings (SSSR count). The third-order valence-corrected chi connectivity index (χ3v) is 6.46.